The molecule has 50 heavy (non-hydrogen) atoms. The van der Waals surface area contributed by atoms with Crippen LogP contribution in [0.25, 0.3) is 0 Å². The molecule has 0 aromatic heterocycles. The molecule has 2 N–H and O–H groups in total. The van der Waals surface area contributed by atoms with Gasteiger partial charge in [0, 0.05) is 23.3 Å². The number of hydrogen-bond donors (Lipinski definition) is 2. The molecule has 6 heterocycles. The molecule has 14 nitrogen and oxygen atoms in total. The first-order chi connectivity index (χ1) is 24.3. The largest absolute Gasteiger partial charge is 0.497 e. The summed E-state index contributed by atoms with van der Waals surface area (Å²) in [6.07, 6.45) is 7.36. The first-order valence-electron chi connectivity index (χ1n) is 16.4. The van der Waals surface area contributed by atoms with E-state index in [4.69, 9.17) is 28.4 Å². The molecule has 6 aliphatic heterocycles. The van der Waals surface area contributed by atoms with E-state index in [-0.39, 0.29) is 76.0 Å². The molecule has 6 aliphatic rings. The van der Waals surface area contributed by atoms with Gasteiger partial charge in [-0.3, -0.25) is 19.2 Å². The second-order valence-corrected chi connectivity index (χ2v) is 11.9. The van der Waals surface area contributed by atoms with Crippen LogP contribution in [0.15, 0.2) is 60.7 Å². The quantitative estimate of drug-likeness (QED) is 0.392. The van der Waals surface area contributed by atoms with Crippen LogP contribution in [0.3, 0.4) is 0 Å². The van der Waals surface area contributed by atoms with E-state index in [1.54, 1.807) is 74.9 Å². The van der Waals surface area contributed by atoms with Gasteiger partial charge in [0.25, 0.3) is 0 Å². The molecular formula is C36H44N4O10. The minimum Gasteiger partial charge on any atom is -0.497 e. The highest BCUT2D eigenvalue weighted by atomic mass is 16.5. The minimum atomic E-state index is -0.892. The van der Waals surface area contributed by atoms with Crippen molar-refractivity contribution >= 4 is 23.6 Å². The van der Waals surface area contributed by atoms with Crippen molar-refractivity contribution in [1.29, 1.82) is 0 Å². The van der Waals surface area contributed by atoms with Gasteiger partial charge in [0.15, 0.2) is 0 Å². The molecule has 0 radical (unpaired) electrons. The van der Waals surface area contributed by atoms with Crippen LogP contribution in [-0.2, 0) is 41.7 Å². The Morgan fingerprint density at radius 1 is 0.620 bits per heavy atom. The molecule has 268 valence electrons. The maximum Gasteiger partial charge on any atom is 0.246 e. The Balaban J connectivity index is 1.35. The SMILES string of the molecule is COc1ccc(CN2C(=O)[C@@H]3C/C=C/COC[C@H]4C(=O)N[C@@H](C/C=C/COC[C@H]2C(=O)N3)C(=O)N4Cc2ccc(OC)cc2OC)c(OC)c1. The van der Waals surface area contributed by atoms with Crippen molar-refractivity contribution in [3.8, 4) is 23.0 Å². The highest BCUT2D eigenvalue weighted by Crippen LogP contribution is 2.29. The van der Waals surface area contributed by atoms with Crippen molar-refractivity contribution in [2.24, 2.45) is 0 Å². The van der Waals surface area contributed by atoms with E-state index < -0.39 is 24.2 Å². The molecule has 2 aromatic rings. The van der Waals surface area contributed by atoms with Crippen LogP contribution in [0.4, 0.5) is 0 Å². The molecule has 0 aliphatic carbocycles. The lowest BCUT2D eigenvalue weighted by molar-refractivity contribution is -0.152. The van der Waals surface area contributed by atoms with Crippen LogP contribution < -0.4 is 29.6 Å². The van der Waals surface area contributed by atoms with Crippen molar-refractivity contribution in [3.05, 3.63) is 71.8 Å². The number of hydrogen-bond acceptors (Lipinski definition) is 10. The molecule has 4 amide bonds. The van der Waals surface area contributed by atoms with Crippen LogP contribution in [-0.4, -0.2) is 112 Å². The number of nitrogens with one attached hydrogen (secondary N) is 2. The van der Waals surface area contributed by atoms with Crippen LogP contribution in [0.1, 0.15) is 24.0 Å². The van der Waals surface area contributed by atoms with Gasteiger partial charge in [-0.2, -0.15) is 0 Å². The van der Waals surface area contributed by atoms with E-state index in [0.717, 1.165) is 0 Å². The van der Waals surface area contributed by atoms with Gasteiger partial charge in [0.05, 0.1) is 68.0 Å². The molecule has 0 spiro atoms. The number of carbonyl (C=O) groups excluding carboxylic acids is 4. The summed E-state index contributed by atoms with van der Waals surface area (Å²) in [7, 11) is 6.17. The third-order valence-electron chi connectivity index (χ3n) is 8.88. The Morgan fingerprint density at radius 2 is 1.04 bits per heavy atom. The predicted molar refractivity (Wildman–Crippen MR) is 181 cm³/mol. The van der Waals surface area contributed by atoms with E-state index in [0.29, 0.717) is 34.1 Å². The lowest BCUT2D eigenvalue weighted by Crippen LogP contribution is -2.64. The van der Waals surface area contributed by atoms with Gasteiger partial charge in [0.1, 0.15) is 47.2 Å². The highest BCUT2D eigenvalue weighted by Gasteiger charge is 2.42. The van der Waals surface area contributed by atoms with E-state index in [1.807, 2.05) is 0 Å². The maximum atomic E-state index is 13.8. The number of piperazine rings is 2. The summed E-state index contributed by atoms with van der Waals surface area (Å²) in [5.41, 5.74) is 1.42. The fraction of sp³-hybridized carbons (Fsp3) is 0.444. The van der Waals surface area contributed by atoms with Crippen molar-refractivity contribution in [2.45, 2.75) is 50.1 Å². The molecule has 0 unspecified atom stereocenters. The summed E-state index contributed by atoms with van der Waals surface area (Å²) in [6.45, 7) is 0.348. The molecule has 2 saturated heterocycles. The van der Waals surface area contributed by atoms with Gasteiger partial charge in [-0.1, -0.05) is 24.3 Å². The predicted octanol–water partition coefficient (Wildman–Crippen LogP) is 1.75. The topological polar surface area (TPSA) is 154 Å². The number of ether oxygens (including phenoxy) is 6. The number of rotatable bonds is 8. The van der Waals surface area contributed by atoms with E-state index in [9.17, 15) is 19.2 Å². The summed E-state index contributed by atoms with van der Waals surface area (Å²) in [4.78, 5) is 57.3. The van der Waals surface area contributed by atoms with Gasteiger partial charge in [-0.05, 0) is 37.1 Å². The Kier molecular flexibility index (Phi) is 12.3. The second kappa shape index (κ2) is 17.0. The van der Waals surface area contributed by atoms with Gasteiger partial charge in [0.2, 0.25) is 23.6 Å². The average molecular weight is 693 g/mol. The molecule has 4 atom stereocenters. The zero-order valence-corrected chi connectivity index (χ0v) is 28.7. The van der Waals surface area contributed by atoms with Crippen LogP contribution in [0, 0.1) is 0 Å². The zero-order valence-electron chi connectivity index (χ0n) is 28.7. The molecule has 2 fully saturated rings. The Labute approximate surface area is 291 Å². The molecule has 4 bridgehead atoms. The van der Waals surface area contributed by atoms with Crippen LogP contribution >= 0.6 is 0 Å². The standard InChI is InChI=1S/C36H44N4O10/c1-45-25-13-11-23(31(17-25)47-3)19-39-29-21-49-15-8-6-10-28-36(44)40(20-24-12-14-26(46-2)18-32(24)48-4)30(34(42)38-28)22-50-16-7-5-9-27(35(39)43)37-33(29)41/h5-8,11-14,17-18,27-30H,9-10,15-16,19-22H2,1-4H3,(H,37,41)(H,38,42)/b7-5+,8-6+/t27-,28-,29-,30-/m0/s1. The summed E-state index contributed by atoms with van der Waals surface area (Å²) < 4.78 is 33.4. The summed E-state index contributed by atoms with van der Waals surface area (Å²) in [5, 5.41) is 5.69. The number of amides is 4. The van der Waals surface area contributed by atoms with Crippen molar-refractivity contribution < 1.29 is 47.6 Å². The van der Waals surface area contributed by atoms with Gasteiger partial charge in [-0.25, -0.2) is 0 Å². The van der Waals surface area contributed by atoms with Crippen LogP contribution in [0.5, 0.6) is 23.0 Å². The van der Waals surface area contributed by atoms with E-state index in [1.165, 1.54) is 24.0 Å². The van der Waals surface area contributed by atoms with Crippen molar-refractivity contribution in [2.75, 3.05) is 54.9 Å². The summed E-state index contributed by atoms with van der Waals surface area (Å²) >= 11 is 0. The molecule has 0 saturated carbocycles. The zero-order chi connectivity index (χ0) is 35.6. The number of nitrogens with zero attached hydrogens (tertiary/aromatic N) is 2. The van der Waals surface area contributed by atoms with E-state index >= 15 is 0 Å². The van der Waals surface area contributed by atoms with Gasteiger partial charge >= 0.3 is 0 Å². The Morgan fingerprint density at radius 3 is 1.42 bits per heavy atom. The van der Waals surface area contributed by atoms with Gasteiger partial charge in [-0.15, -0.1) is 0 Å². The number of methoxy groups -OCH3 is 4. The Hall–Kier alpha value is -5.08. The fourth-order valence-corrected chi connectivity index (χ4v) is 6.11. The van der Waals surface area contributed by atoms with Crippen molar-refractivity contribution in [1.82, 2.24) is 20.4 Å². The molecule has 14 heteroatoms. The first-order valence-corrected chi connectivity index (χ1v) is 16.4. The highest BCUT2D eigenvalue weighted by molar-refractivity contribution is 5.98. The minimum absolute atomic E-state index is 0.0605. The average Bonchev–Trinajstić information content (AvgIpc) is 3.12. The first kappa shape index (κ1) is 36.2. The number of benzene rings is 2. The normalized spacial score (nSPS) is 24.6. The number of carbonyl (C=O) groups is 4. The fourth-order valence-electron chi connectivity index (χ4n) is 6.11. The van der Waals surface area contributed by atoms with Crippen molar-refractivity contribution in [3.63, 3.8) is 0 Å². The third kappa shape index (κ3) is 8.37. The molecule has 2 aromatic carbocycles. The summed E-state index contributed by atoms with van der Waals surface area (Å²) in [6, 6.07) is 7.20. The second-order valence-electron chi connectivity index (χ2n) is 11.9. The molecule has 8 rings (SSSR count). The van der Waals surface area contributed by atoms with Gasteiger partial charge < -0.3 is 48.9 Å². The third-order valence-corrected chi connectivity index (χ3v) is 8.88. The smallest absolute Gasteiger partial charge is 0.246 e. The van der Waals surface area contributed by atoms with E-state index in [2.05, 4.69) is 10.6 Å². The lowest BCUT2D eigenvalue weighted by Gasteiger charge is -2.39. The maximum absolute atomic E-state index is 13.8. The summed E-state index contributed by atoms with van der Waals surface area (Å²) in [5.74, 6) is 1.08. The Bertz CT molecular complexity index is 1490. The lowest BCUT2D eigenvalue weighted by atomic mass is 10.0. The molecular weight excluding hydrogens is 648 g/mol. The van der Waals surface area contributed by atoms with Crippen LogP contribution in [0.2, 0.25) is 0 Å². The monoisotopic (exact) mass is 692 g/mol.